The smallest absolute Gasteiger partial charge is 0.223 e. The molecule has 3 heteroatoms. The van der Waals surface area contributed by atoms with E-state index in [4.69, 9.17) is 9.57 Å². The van der Waals surface area contributed by atoms with E-state index in [0.29, 0.717) is 23.8 Å². The molecule has 0 aliphatic rings. The first-order valence-electron chi connectivity index (χ1n) is 4.47. The van der Waals surface area contributed by atoms with Crippen molar-refractivity contribution in [3.8, 4) is 0 Å². The number of hydrogen-bond acceptors (Lipinski definition) is 3. The summed E-state index contributed by atoms with van der Waals surface area (Å²) in [5.74, 6) is 0.893. The Morgan fingerprint density at radius 2 is 2.07 bits per heavy atom. The molecule has 3 nitrogen and oxygen atoms in total. The van der Waals surface area contributed by atoms with Crippen molar-refractivity contribution in [2.75, 3.05) is 6.61 Å². The molecule has 0 saturated heterocycles. The molecule has 0 fully saturated rings. The van der Waals surface area contributed by atoms with Gasteiger partial charge in [0, 0.05) is 12.5 Å². The summed E-state index contributed by atoms with van der Waals surface area (Å²) in [4.78, 5) is 4.99. The van der Waals surface area contributed by atoms with Crippen molar-refractivity contribution in [3.05, 3.63) is 36.6 Å². The Hall–Kier alpha value is -1.51. The van der Waals surface area contributed by atoms with Gasteiger partial charge in [-0.05, 0) is 19.0 Å². The fraction of sp³-hybridized carbons (Fsp3) is 0.364. The summed E-state index contributed by atoms with van der Waals surface area (Å²) in [6.07, 6.45) is 3.66. The zero-order chi connectivity index (χ0) is 11.0. The Kier molecular flexibility index (Phi) is 6.20. The summed E-state index contributed by atoms with van der Waals surface area (Å²) in [5, 5.41) is 3.72. The minimum absolute atomic E-state index is 0.419. The molecule has 0 rings (SSSR count). The van der Waals surface area contributed by atoms with E-state index in [1.54, 1.807) is 13.0 Å². The molecule has 0 aromatic rings. The van der Waals surface area contributed by atoms with Crippen LogP contribution in [0.3, 0.4) is 0 Å². The quantitative estimate of drug-likeness (QED) is 0.222. The maximum atomic E-state index is 5.07. The topological polar surface area (TPSA) is 30.8 Å². The monoisotopic (exact) mass is 195 g/mol. The Bertz CT molecular complexity index is 264. The third-order valence-electron chi connectivity index (χ3n) is 1.36. The second-order valence-electron chi connectivity index (χ2n) is 2.58. The number of rotatable bonds is 5. The summed E-state index contributed by atoms with van der Waals surface area (Å²) in [6, 6.07) is 0. The number of allylic oxidation sites excluding steroid dienone is 2. The van der Waals surface area contributed by atoms with Crippen LogP contribution in [0.4, 0.5) is 0 Å². The third kappa shape index (κ3) is 5.19. The molecular formula is C11H17NO2. The van der Waals surface area contributed by atoms with E-state index >= 15 is 0 Å². The van der Waals surface area contributed by atoms with Crippen molar-refractivity contribution in [2.24, 2.45) is 5.16 Å². The van der Waals surface area contributed by atoms with E-state index in [0.717, 1.165) is 0 Å². The highest BCUT2D eigenvalue weighted by Crippen LogP contribution is 2.08. The van der Waals surface area contributed by atoms with E-state index in [1.165, 1.54) is 0 Å². The predicted octanol–water partition coefficient (Wildman–Crippen LogP) is 3.02. The van der Waals surface area contributed by atoms with Crippen molar-refractivity contribution in [2.45, 2.75) is 20.8 Å². The van der Waals surface area contributed by atoms with Gasteiger partial charge in [0.2, 0.25) is 5.90 Å². The van der Waals surface area contributed by atoms with Crippen LogP contribution in [0.25, 0.3) is 0 Å². The first-order chi connectivity index (χ1) is 6.61. The predicted molar refractivity (Wildman–Crippen MR) is 58.9 cm³/mol. The highest BCUT2D eigenvalue weighted by Gasteiger charge is 1.97. The van der Waals surface area contributed by atoms with Crippen molar-refractivity contribution in [3.63, 3.8) is 0 Å². The lowest BCUT2D eigenvalue weighted by atomic mass is 10.2. The zero-order valence-electron chi connectivity index (χ0n) is 9.04. The van der Waals surface area contributed by atoms with E-state index in [2.05, 4.69) is 18.3 Å². The summed E-state index contributed by atoms with van der Waals surface area (Å²) in [5.41, 5.74) is 0.695. The molecule has 0 atom stereocenters. The van der Waals surface area contributed by atoms with Gasteiger partial charge in [-0.15, -0.1) is 0 Å². The van der Waals surface area contributed by atoms with Crippen molar-refractivity contribution >= 4 is 5.90 Å². The molecule has 0 N–H and O–H groups in total. The normalized spacial score (nSPS) is 11.5. The van der Waals surface area contributed by atoms with E-state index < -0.39 is 0 Å². The van der Waals surface area contributed by atoms with Gasteiger partial charge in [0.05, 0.1) is 6.61 Å². The second-order valence-corrected chi connectivity index (χ2v) is 2.58. The van der Waals surface area contributed by atoms with Crippen LogP contribution < -0.4 is 0 Å². The average Bonchev–Trinajstić information content (AvgIpc) is 2.15. The van der Waals surface area contributed by atoms with Gasteiger partial charge in [-0.25, -0.2) is 0 Å². The standard InChI is InChI=1S/C11H17NO2/c1-6-8-9(3)10(4)14-12-11(5)13-7-2/h6,8H,3-4,7H2,1-2,5H3/b8-6-,12-11-. The molecule has 0 bridgehead atoms. The fourth-order valence-electron chi connectivity index (χ4n) is 0.707. The van der Waals surface area contributed by atoms with Crippen LogP contribution in [-0.4, -0.2) is 12.5 Å². The van der Waals surface area contributed by atoms with E-state index in [9.17, 15) is 0 Å². The molecule has 78 valence electrons. The lowest BCUT2D eigenvalue weighted by molar-refractivity contribution is 0.213. The van der Waals surface area contributed by atoms with Crippen LogP contribution in [0.2, 0.25) is 0 Å². The second kappa shape index (κ2) is 6.95. The van der Waals surface area contributed by atoms with Gasteiger partial charge in [-0.3, -0.25) is 0 Å². The van der Waals surface area contributed by atoms with Crippen LogP contribution in [0.15, 0.2) is 41.8 Å². The molecule has 0 spiro atoms. The number of ether oxygens (including phenoxy) is 1. The lowest BCUT2D eigenvalue weighted by Gasteiger charge is -2.04. The van der Waals surface area contributed by atoms with Gasteiger partial charge in [-0.2, -0.15) is 0 Å². The van der Waals surface area contributed by atoms with Crippen molar-refractivity contribution < 1.29 is 9.57 Å². The molecule has 0 saturated carbocycles. The van der Waals surface area contributed by atoms with Gasteiger partial charge in [-0.1, -0.05) is 25.3 Å². The summed E-state index contributed by atoms with van der Waals surface area (Å²) >= 11 is 0. The van der Waals surface area contributed by atoms with Crippen LogP contribution in [0.1, 0.15) is 20.8 Å². The SMILES string of the molecule is C=C(/C=C\C)C(=C)O/N=C(/C)OCC. The lowest BCUT2D eigenvalue weighted by Crippen LogP contribution is -1.99. The first-order valence-corrected chi connectivity index (χ1v) is 4.47. The maximum Gasteiger partial charge on any atom is 0.223 e. The van der Waals surface area contributed by atoms with Crippen molar-refractivity contribution in [1.29, 1.82) is 0 Å². The highest BCUT2D eigenvalue weighted by molar-refractivity contribution is 5.72. The van der Waals surface area contributed by atoms with Crippen LogP contribution in [0.5, 0.6) is 0 Å². The number of hydrogen-bond donors (Lipinski definition) is 0. The Morgan fingerprint density at radius 3 is 2.57 bits per heavy atom. The molecule has 0 unspecified atom stereocenters. The van der Waals surface area contributed by atoms with Gasteiger partial charge in [0.25, 0.3) is 0 Å². The molecule has 0 aromatic carbocycles. The van der Waals surface area contributed by atoms with Gasteiger partial charge in [0.15, 0.2) is 5.76 Å². The van der Waals surface area contributed by atoms with Gasteiger partial charge >= 0.3 is 0 Å². The molecular weight excluding hydrogens is 178 g/mol. The maximum absolute atomic E-state index is 5.07. The zero-order valence-corrected chi connectivity index (χ0v) is 9.04. The average molecular weight is 195 g/mol. The summed E-state index contributed by atoms with van der Waals surface area (Å²) in [6.45, 7) is 13.5. The van der Waals surface area contributed by atoms with E-state index in [1.807, 2.05) is 19.9 Å². The van der Waals surface area contributed by atoms with Crippen LogP contribution in [-0.2, 0) is 9.57 Å². The molecule has 0 aliphatic heterocycles. The minimum atomic E-state index is 0.419. The van der Waals surface area contributed by atoms with Gasteiger partial charge in [0.1, 0.15) is 0 Å². The Morgan fingerprint density at radius 1 is 1.43 bits per heavy atom. The summed E-state index contributed by atoms with van der Waals surface area (Å²) < 4.78 is 5.07. The van der Waals surface area contributed by atoms with Crippen LogP contribution in [0, 0.1) is 0 Å². The Labute approximate surface area is 85.4 Å². The van der Waals surface area contributed by atoms with Crippen LogP contribution >= 0.6 is 0 Å². The van der Waals surface area contributed by atoms with Crippen molar-refractivity contribution in [1.82, 2.24) is 0 Å². The summed E-state index contributed by atoms with van der Waals surface area (Å²) in [7, 11) is 0. The molecule has 0 amide bonds. The largest absolute Gasteiger partial charge is 0.479 e. The number of nitrogens with zero attached hydrogens (tertiary/aromatic N) is 1. The Balaban J connectivity index is 4.07. The highest BCUT2D eigenvalue weighted by atomic mass is 16.7. The molecule has 0 heterocycles. The third-order valence-corrected chi connectivity index (χ3v) is 1.36. The van der Waals surface area contributed by atoms with E-state index in [-0.39, 0.29) is 0 Å². The minimum Gasteiger partial charge on any atom is -0.479 e. The molecule has 0 radical (unpaired) electrons. The molecule has 0 aromatic heterocycles. The first kappa shape index (κ1) is 12.5. The molecule has 0 aliphatic carbocycles. The molecule has 14 heavy (non-hydrogen) atoms. The number of oxime groups is 1. The van der Waals surface area contributed by atoms with Gasteiger partial charge < -0.3 is 9.57 Å². The fourth-order valence-corrected chi connectivity index (χ4v) is 0.707.